The molecule has 0 radical (unpaired) electrons. The van der Waals surface area contributed by atoms with Gasteiger partial charge in [0.2, 0.25) is 0 Å². The van der Waals surface area contributed by atoms with Gasteiger partial charge in [0.1, 0.15) is 11.5 Å². The largest absolute Gasteiger partial charge is 0.506 e. The average molecular weight is 499 g/mol. The van der Waals surface area contributed by atoms with E-state index in [1.807, 2.05) is 25.1 Å². The first-order chi connectivity index (χ1) is 12.8. The zero-order valence-electron chi connectivity index (χ0n) is 14.3. The molecule has 2 amide bonds. The number of aryl methyl sites for hydroxylation is 1. The average Bonchev–Trinajstić information content (AvgIpc) is 2.62. The van der Waals surface area contributed by atoms with Crippen LogP contribution in [0.3, 0.4) is 0 Å². The van der Waals surface area contributed by atoms with Crippen molar-refractivity contribution in [2.24, 2.45) is 5.10 Å². The van der Waals surface area contributed by atoms with Gasteiger partial charge in [0, 0.05) is 10.0 Å². The summed E-state index contributed by atoms with van der Waals surface area (Å²) in [7, 11) is 0. The molecule has 0 heterocycles. The van der Waals surface area contributed by atoms with E-state index in [-0.39, 0.29) is 18.9 Å². The number of hydrogen-bond donors (Lipinski definition) is 3. The van der Waals surface area contributed by atoms with Crippen LogP contribution in [0.2, 0.25) is 0 Å². The maximum Gasteiger partial charge on any atom is 0.259 e. The highest BCUT2D eigenvalue weighted by molar-refractivity contribution is 9.11. The number of carbonyl (C=O) groups excluding carboxylic acids is 2. The third kappa shape index (κ3) is 7.03. The second kappa shape index (κ2) is 10.1. The van der Waals surface area contributed by atoms with Crippen molar-refractivity contribution in [2.75, 3.05) is 13.2 Å². The highest BCUT2D eigenvalue weighted by Gasteiger charge is 2.07. The van der Waals surface area contributed by atoms with Crippen LogP contribution in [0.4, 0.5) is 0 Å². The number of hydrazone groups is 1. The Kier molecular flexibility index (Phi) is 7.81. The van der Waals surface area contributed by atoms with Crippen LogP contribution in [0.25, 0.3) is 0 Å². The van der Waals surface area contributed by atoms with Gasteiger partial charge < -0.3 is 15.2 Å². The molecular formula is C18H17Br2N3O4. The first-order valence-corrected chi connectivity index (χ1v) is 9.40. The van der Waals surface area contributed by atoms with Crippen molar-refractivity contribution < 1.29 is 19.4 Å². The molecule has 2 rings (SSSR count). The SMILES string of the molecule is Cc1cccc(OCC(=O)NCC(=O)N/N=C\c2cc(Br)cc(Br)c2O)c1. The van der Waals surface area contributed by atoms with Gasteiger partial charge in [-0.15, -0.1) is 0 Å². The van der Waals surface area contributed by atoms with Crippen molar-refractivity contribution in [3.05, 3.63) is 56.5 Å². The maximum atomic E-state index is 11.7. The second-order valence-electron chi connectivity index (χ2n) is 5.50. The van der Waals surface area contributed by atoms with Crippen molar-refractivity contribution >= 4 is 49.9 Å². The number of carbonyl (C=O) groups is 2. The van der Waals surface area contributed by atoms with Gasteiger partial charge in [-0.1, -0.05) is 28.1 Å². The zero-order chi connectivity index (χ0) is 19.8. The molecule has 0 saturated carbocycles. The lowest BCUT2D eigenvalue weighted by Crippen LogP contribution is -2.37. The summed E-state index contributed by atoms with van der Waals surface area (Å²) >= 11 is 6.50. The summed E-state index contributed by atoms with van der Waals surface area (Å²) in [6.07, 6.45) is 1.30. The van der Waals surface area contributed by atoms with Crippen molar-refractivity contribution in [3.63, 3.8) is 0 Å². The van der Waals surface area contributed by atoms with E-state index in [1.165, 1.54) is 6.21 Å². The molecule has 7 nitrogen and oxygen atoms in total. The highest BCUT2D eigenvalue weighted by atomic mass is 79.9. The normalized spacial score (nSPS) is 10.6. The Morgan fingerprint density at radius 2 is 2.00 bits per heavy atom. The molecule has 0 atom stereocenters. The summed E-state index contributed by atoms with van der Waals surface area (Å²) < 4.78 is 6.57. The third-order valence-corrected chi connectivity index (χ3v) is 4.32. The van der Waals surface area contributed by atoms with E-state index in [2.05, 4.69) is 47.7 Å². The van der Waals surface area contributed by atoms with Crippen molar-refractivity contribution in [2.45, 2.75) is 6.92 Å². The Labute approximate surface area is 173 Å². The van der Waals surface area contributed by atoms with Crippen LogP contribution in [0.15, 0.2) is 50.4 Å². The number of phenolic OH excluding ortho intramolecular Hbond substituents is 1. The van der Waals surface area contributed by atoms with E-state index in [0.717, 1.165) is 10.0 Å². The van der Waals surface area contributed by atoms with Gasteiger partial charge >= 0.3 is 0 Å². The smallest absolute Gasteiger partial charge is 0.259 e. The van der Waals surface area contributed by atoms with Gasteiger partial charge in [-0.05, 0) is 52.7 Å². The van der Waals surface area contributed by atoms with E-state index in [4.69, 9.17) is 4.74 Å². The summed E-state index contributed by atoms with van der Waals surface area (Å²) in [6, 6.07) is 10.6. The van der Waals surface area contributed by atoms with E-state index >= 15 is 0 Å². The molecule has 142 valence electrons. The number of benzene rings is 2. The number of phenols is 1. The first kappa shape index (κ1) is 20.9. The van der Waals surface area contributed by atoms with E-state index in [9.17, 15) is 14.7 Å². The summed E-state index contributed by atoms with van der Waals surface area (Å²) in [6.45, 7) is 1.48. The zero-order valence-corrected chi connectivity index (χ0v) is 17.5. The molecule has 9 heteroatoms. The molecule has 0 aromatic heterocycles. The molecule has 2 aromatic carbocycles. The van der Waals surface area contributed by atoms with Gasteiger partial charge in [-0.25, -0.2) is 5.43 Å². The van der Waals surface area contributed by atoms with Gasteiger partial charge in [-0.2, -0.15) is 5.10 Å². The lowest BCUT2D eigenvalue weighted by molar-refractivity contribution is -0.127. The number of hydrogen-bond acceptors (Lipinski definition) is 5. The molecule has 0 aliphatic heterocycles. The lowest BCUT2D eigenvalue weighted by atomic mass is 10.2. The number of nitrogens with one attached hydrogen (secondary N) is 2. The van der Waals surface area contributed by atoms with Crippen molar-refractivity contribution in [1.29, 1.82) is 0 Å². The number of rotatable bonds is 7. The Morgan fingerprint density at radius 1 is 1.22 bits per heavy atom. The first-order valence-electron chi connectivity index (χ1n) is 7.81. The second-order valence-corrected chi connectivity index (χ2v) is 7.27. The minimum absolute atomic E-state index is 0.00204. The number of ether oxygens (including phenoxy) is 1. The Bertz CT molecular complexity index is 872. The maximum absolute atomic E-state index is 11.7. The summed E-state index contributed by atoms with van der Waals surface area (Å²) in [5, 5.41) is 16.1. The van der Waals surface area contributed by atoms with Crippen LogP contribution in [-0.4, -0.2) is 36.3 Å². The predicted molar refractivity (Wildman–Crippen MR) is 109 cm³/mol. The number of amides is 2. The standard InChI is InChI=1S/C18H17Br2N3O4/c1-11-3-2-4-14(5-11)27-10-17(25)21-9-16(24)23-22-8-12-6-13(19)7-15(20)18(12)26/h2-8,26H,9-10H2,1H3,(H,21,25)(H,23,24)/b22-8-. The van der Waals surface area contributed by atoms with Gasteiger partial charge in [0.15, 0.2) is 6.61 Å². The molecule has 0 bridgehead atoms. The van der Waals surface area contributed by atoms with Crippen molar-refractivity contribution in [3.8, 4) is 11.5 Å². The van der Waals surface area contributed by atoms with Gasteiger partial charge in [-0.3, -0.25) is 9.59 Å². The monoisotopic (exact) mass is 497 g/mol. The molecule has 0 spiro atoms. The summed E-state index contributed by atoms with van der Waals surface area (Å²) in [5.74, 6) is -0.357. The van der Waals surface area contributed by atoms with Crippen LogP contribution in [0.5, 0.6) is 11.5 Å². The third-order valence-electron chi connectivity index (χ3n) is 3.26. The van der Waals surface area contributed by atoms with Crippen LogP contribution < -0.4 is 15.5 Å². The summed E-state index contributed by atoms with van der Waals surface area (Å²) in [5.41, 5.74) is 3.70. The van der Waals surface area contributed by atoms with Crippen LogP contribution in [0.1, 0.15) is 11.1 Å². The molecular weight excluding hydrogens is 482 g/mol. The molecule has 3 N–H and O–H groups in total. The number of aromatic hydroxyl groups is 1. The van der Waals surface area contributed by atoms with E-state index < -0.39 is 11.8 Å². The topological polar surface area (TPSA) is 100 Å². The number of halogens is 2. The minimum Gasteiger partial charge on any atom is -0.506 e. The van der Waals surface area contributed by atoms with Crippen LogP contribution in [0, 0.1) is 6.92 Å². The van der Waals surface area contributed by atoms with Gasteiger partial charge in [0.25, 0.3) is 11.8 Å². The van der Waals surface area contributed by atoms with Gasteiger partial charge in [0.05, 0.1) is 17.2 Å². The Hall–Kier alpha value is -2.39. The molecule has 2 aromatic rings. The van der Waals surface area contributed by atoms with Crippen molar-refractivity contribution in [1.82, 2.24) is 10.7 Å². The molecule has 0 aliphatic carbocycles. The summed E-state index contributed by atoms with van der Waals surface area (Å²) in [4.78, 5) is 23.4. The van der Waals surface area contributed by atoms with E-state index in [0.29, 0.717) is 15.8 Å². The van der Waals surface area contributed by atoms with Crippen LogP contribution >= 0.6 is 31.9 Å². The lowest BCUT2D eigenvalue weighted by Gasteiger charge is -2.07. The fraction of sp³-hybridized carbons (Fsp3) is 0.167. The van der Waals surface area contributed by atoms with E-state index in [1.54, 1.807) is 18.2 Å². The molecule has 0 saturated heterocycles. The fourth-order valence-corrected chi connectivity index (χ4v) is 3.24. The van der Waals surface area contributed by atoms with Crippen LogP contribution in [-0.2, 0) is 9.59 Å². The predicted octanol–water partition coefficient (Wildman–Crippen LogP) is 2.87. The Balaban J connectivity index is 1.75. The Morgan fingerprint density at radius 3 is 2.74 bits per heavy atom. The molecule has 27 heavy (non-hydrogen) atoms. The molecule has 0 unspecified atom stereocenters. The minimum atomic E-state index is -0.510. The number of nitrogens with zero attached hydrogens (tertiary/aromatic N) is 1. The molecule has 0 aliphatic rings. The molecule has 0 fully saturated rings. The quantitative estimate of drug-likeness (QED) is 0.403. The fourth-order valence-electron chi connectivity index (χ4n) is 1.98. The highest BCUT2D eigenvalue weighted by Crippen LogP contribution is 2.30.